The zero-order valence-corrected chi connectivity index (χ0v) is 13.5. The number of benzene rings is 2. The predicted octanol–water partition coefficient (Wildman–Crippen LogP) is 4.03. The van der Waals surface area contributed by atoms with Crippen molar-refractivity contribution in [1.29, 1.82) is 0 Å². The normalized spacial score (nSPS) is 13.6. The molecule has 1 heterocycles. The molecule has 1 amide bonds. The maximum absolute atomic E-state index is 13.6. The number of anilines is 1. The number of aryl methyl sites for hydroxylation is 1. The first kappa shape index (κ1) is 17.1. The third-order valence-electron chi connectivity index (χ3n) is 4.04. The zero-order chi connectivity index (χ0) is 18.0. The van der Waals surface area contributed by atoms with E-state index in [4.69, 9.17) is 4.74 Å². The van der Waals surface area contributed by atoms with Gasteiger partial charge in [0.05, 0.1) is 12.8 Å². The highest BCUT2D eigenvalue weighted by molar-refractivity contribution is 6.07. The van der Waals surface area contributed by atoms with Crippen molar-refractivity contribution in [3.8, 4) is 11.5 Å². The number of methoxy groups -OCH3 is 1. The summed E-state index contributed by atoms with van der Waals surface area (Å²) in [4.78, 5) is 14.3. The molecule has 0 N–H and O–H groups in total. The minimum Gasteiger partial charge on any atom is -0.493 e. The first-order chi connectivity index (χ1) is 12.0. The molecule has 7 heteroatoms. The highest BCUT2D eigenvalue weighted by atomic mass is 19.3. The highest BCUT2D eigenvalue weighted by Crippen LogP contribution is 2.33. The fourth-order valence-electron chi connectivity index (χ4n) is 2.91. The van der Waals surface area contributed by atoms with Crippen molar-refractivity contribution in [2.45, 2.75) is 19.5 Å². The van der Waals surface area contributed by atoms with Gasteiger partial charge in [-0.25, -0.2) is 4.39 Å². The van der Waals surface area contributed by atoms with Gasteiger partial charge in [-0.2, -0.15) is 8.78 Å². The molecule has 0 bridgehead atoms. The van der Waals surface area contributed by atoms with Crippen LogP contribution in [-0.2, 0) is 6.42 Å². The number of hydrogen-bond acceptors (Lipinski definition) is 3. The molecule has 25 heavy (non-hydrogen) atoms. The number of ether oxygens (including phenoxy) is 2. The van der Waals surface area contributed by atoms with Crippen molar-refractivity contribution in [3.05, 3.63) is 53.3 Å². The van der Waals surface area contributed by atoms with Gasteiger partial charge in [0.2, 0.25) is 0 Å². The number of fused-ring (bicyclic) bond motifs is 1. The maximum atomic E-state index is 13.6. The van der Waals surface area contributed by atoms with Crippen LogP contribution in [0.15, 0.2) is 36.4 Å². The molecule has 0 radical (unpaired) electrons. The van der Waals surface area contributed by atoms with Crippen LogP contribution in [0.1, 0.15) is 22.3 Å². The second kappa shape index (κ2) is 7.04. The van der Waals surface area contributed by atoms with E-state index >= 15 is 0 Å². The number of alkyl halides is 2. The largest absolute Gasteiger partial charge is 0.493 e. The van der Waals surface area contributed by atoms with Crippen molar-refractivity contribution >= 4 is 11.6 Å². The van der Waals surface area contributed by atoms with Crippen molar-refractivity contribution in [1.82, 2.24) is 0 Å². The molecule has 0 aromatic heterocycles. The number of halogens is 3. The van der Waals surface area contributed by atoms with Gasteiger partial charge in [-0.3, -0.25) is 4.79 Å². The Morgan fingerprint density at radius 1 is 1.16 bits per heavy atom. The Hall–Kier alpha value is -2.70. The summed E-state index contributed by atoms with van der Waals surface area (Å²) in [5, 5.41) is 0. The van der Waals surface area contributed by atoms with Crippen molar-refractivity contribution in [2.24, 2.45) is 0 Å². The molecule has 4 nitrogen and oxygen atoms in total. The third kappa shape index (κ3) is 3.55. The van der Waals surface area contributed by atoms with Crippen molar-refractivity contribution in [3.63, 3.8) is 0 Å². The lowest BCUT2D eigenvalue weighted by atomic mass is 10.0. The lowest BCUT2D eigenvalue weighted by Gasteiger charge is -2.29. The number of rotatable bonds is 4. The van der Waals surface area contributed by atoms with Crippen molar-refractivity contribution < 1.29 is 27.4 Å². The molecule has 0 saturated carbocycles. The molecule has 0 aliphatic carbocycles. The van der Waals surface area contributed by atoms with Crippen LogP contribution in [0.2, 0.25) is 0 Å². The molecule has 0 atom stereocenters. The maximum Gasteiger partial charge on any atom is 0.387 e. The standard InChI is InChI=1S/C18H16F3NO3/c1-24-16-9-12(5-7-15(16)25-18(20)21)17(23)22-8-2-3-11-4-6-13(19)10-14(11)22/h4-7,9-10,18H,2-3,8H2,1H3. The van der Waals surface area contributed by atoms with Gasteiger partial charge in [0, 0.05) is 12.1 Å². The first-order valence-corrected chi connectivity index (χ1v) is 7.72. The van der Waals surface area contributed by atoms with E-state index in [1.165, 1.54) is 42.3 Å². The minimum atomic E-state index is -2.99. The lowest BCUT2D eigenvalue weighted by molar-refractivity contribution is -0.0512. The molecule has 2 aromatic rings. The van der Waals surface area contributed by atoms with Gasteiger partial charge in [0.1, 0.15) is 5.82 Å². The van der Waals surface area contributed by atoms with Crippen LogP contribution in [0.4, 0.5) is 18.9 Å². The smallest absolute Gasteiger partial charge is 0.387 e. The first-order valence-electron chi connectivity index (χ1n) is 7.72. The van der Waals surface area contributed by atoms with Gasteiger partial charge in [0.25, 0.3) is 5.91 Å². The fourth-order valence-corrected chi connectivity index (χ4v) is 2.91. The van der Waals surface area contributed by atoms with E-state index in [-0.39, 0.29) is 23.0 Å². The predicted molar refractivity (Wildman–Crippen MR) is 86.0 cm³/mol. The van der Waals surface area contributed by atoms with E-state index in [0.29, 0.717) is 12.2 Å². The van der Waals surface area contributed by atoms with E-state index in [1.807, 2.05) is 0 Å². The molecule has 0 fully saturated rings. The van der Waals surface area contributed by atoms with E-state index in [0.717, 1.165) is 18.4 Å². The fraction of sp³-hybridized carbons (Fsp3) is 0.278. The van der Waals surface area contributed by atoms with Crippen LogP contribution in [0.5, 0.6) is 11.5 Å². The van der Waals surface area contributed by atoms with Gasteiger partial charge in [-0.15, -0.1) is 0 Å². The zero-order valence-electron chi connectivity index (χ0n) is 13.5. The molecule has 132 valence electrons. The number of amides is 1. The number of carbonyl (C=O) groups is 1. The molecular weight excluding hydrogens is 335 g/mol. The van der Waals surface area contributed by atoms with Gasteiger partial charge < -0.3 is 14.4 Å². The molecule has 0 saturated heterocycles. The summed E-state index contributed by atoms with van der Waals surface area (Å²) in [6.07, 6.45) is 1.53. The summed E-state index contributed by atoms with van der Waals surface area (Å²) in [7, 11) is 1.30. The number of hydrogen-bond donors (Lipinski definition) is 0. The summed E-state index contributed by atoms with van der Waals surface area (Å²) in [5.41, 5.74) is 1.67. The topological polar surface area (TPSA) is 38.8 Å². The molecule has 3 rings (SSSR count). The van der Waals surface area contributed by atoms with E-state index in [1.54, 1.807) is 6.07 Å². The van der Waals surface area contributed by atoms with Crippen LogP contribution in [0.3, 0.4) is 0 Å². The second-order valence-electron chi connectivity index (χ2n) is 5.58. The molecule has 1 aliphatic rings. The average molecular weight is 351 g/mol. The quantitative estimate of drug-likeness (QED) is 0.835. The van der Waals surface area contributed by atoms with Crippen LogP contribution in [0, 0.1) is 5.82 Å². The third-order valence-corrected chi connectivity index (χ3v) is 4.04. The second-order valence-corrected chi connectivity index (χ2v) is 5.58. The van der Waals surface area contributed by atoms with Crippen LogP contribution < -0.4 is 14.4 Å². The Labute approximate surface area is 142 Å². The summed E-state index contributed by atoms with van der Waals surface area (Å²) in [6, 6.07) is 8.35. The van der Waals surface area contributed by atoms with E-state index in [2.05, 4.69) is 4.74 Å². The Balaban J connectivity index is 1.93. The molecule has 0 spiro atoms. The SMILES string of the molecule is COc1cc(C(=O)N2CCCc3ccc(F)cc32)ccc1OC(F)F. The van der Waals surface area contributed by atoms with Crippen LogP contribution in [0.25, 0.3) is 0 Å². The van der Waals surface area contributed by atoms with E-state index in [9.17, 15) is 18.0 Å². The summed E-state index contributed by atoms with van der Waals surface area (Å²) in [6.45, 7) is -2.54. The minimum absolute atomic E-state index is 0.0302. The highest BCUT2D eigenvalue weighted by Gasteiger charge is 2.25. The summed E-state index contributed by atoms with van der Waals surface area (Å²) in [5.74, 6) is -0.896. The van der Waals surface area contributed by atoms with Gasteiger partial charge in [0.15, 0.2) is 11.5 Å². The average Bonchev–Trinajstić information content (AvgIpc) is 2.60. The molecular formula is C18H16F3NO3. The Kier molecular flexibility index (Phi) is 4.83. The van der Waals surface area contributed by atoms with Crippen LogP contribution >= 0.6 is 0 Å². The summed E-state index contributed by atoms with van der Waals surface area (Å²) < 4.78 is 47.8. The Morgan fingerprint density at radius 3 is 2.68 bits per heavy atom. The van der Waals surface area contributed by atoms with Gasteiger partial charge in [-0.05, 0) is 48.7 Å². The monoisotopic (exact) mass is 351 g/mol. The molecule has 0 unspecified atom stereocenters. The summed E-state index contributed by atoms with van der Waals surface area (Å²) >= 11 is 0. The number of nitrogens with zero attached hydrogens (tertiary/aromatic N) is 1. The number of carbonyl (C=O) groups excluding carboxylic acids is 1. The lowest BCUT2D eigenvalue weighted by Crippen LogP contribution is -2.35. The Bertz CT molecular complexity index is 795. The molecule has 2 aromatic carbocycles. The molecule has 1 aliphatic heterocycles. The van der Waals surface area contributed by atoms with Crippen LogP contribution in [-0.4, -0.2) is 26.2 Å². The van der Waals surface area contributed by atoms with E-state index < -0.39 is 12.4 Å². The van der Waals surface area contributed by atoms with Gasteiger partial charge >= 0.3 is 6.61 Å². The van der Waals surface area contributed by atoms with Gasteiger partial charge in [-0.1, -0.05) is 6.07 Å². The Morgan fingerprint density at radius 2 is 1.96 bits per heavy atom. The van der Waals surface area contributed by atoms with Crippen molar-refractivity contribution in [2.75, 3.05) is 18.6 Å².